The molecule has 2 rings (SSSR count). The fourth-order valence-corrected chi connectivity index (χ4v) is 3.57. The van der Waals surface area contributed by atoms with Crippen molar-refractivity contribution in [2.24, 2.45) is 0 Å². The van der Waals surface area contributed by atoms with Crippen molar-refractivity contribution in [1.82, 2.24) is 10.2 Å². The number of carbonyl (C=O) groups is 1. The molecule has 2 heterocycles. The summed E-state index contributed by atoms with van der Waals surface area (Å²) in [5.74, 6) is 1.56. The van der Waals surface area contributed by atoms with E-state index in [1.807, 2.05) is 4.90 Å². The number of rotatable bonds is 3. The molecule has 0 aromatic rings. The molecule has 1 atom stereocenters. The summed E-state index contributed by atoms with van der Waals surface area (Å²) in [5, 5.41) is 3.47. The lowest BCUT2D eigenvalue weighted by Gasteiger charge is -2.28. The van der Waals surface area contributed by atoms with Crippen LogP contribution in [-0.4, -0.2) is 52.2 Å². The van der Waals surface area contributed by atoms with Crippen molar-refractivity contribution in [1.29, 1.82) is 0 Å². The molecule has 0 spiro atoms. The van der Waals surface area contributed by atoms with E-state index >= 15 is 0 Å². The monoisotopic (exact) mass is 258 g/mol. The van der Waals surface area contributed by atoms with Crippen LogP contribution >= 0.6 is 0 Å². The van der Waals surface area contributed by atoms with E-state index < -0.39 is 10.8 Å². The van der Waals surface area contributed by atoms with Gasteiger partial charge in [-0.15, -0.1) is 0 Å². The van der Waals surface area contributed by atoms with Gasteiger partial charge in [0.2, 0.25) is 5.91 Å². The average molecular weight is 258 g/mol. The van der Waals surface area contributed by atoms with Crippen molar-refractivity contribution in [3.63, 3.8) is 0 Å². The highest BCUT2D eigenvalue weighted by Crippen LogP contribution is 2.13. The minimum absolute atomic E-state index is 0.245. The standard InChI is InChI=1S/C12H22N2O2S/c15-12(14-7-9-17(16)10-8-14)5-4-11-3-1-2-6-13-11/h11,13H,1-10H2. The second kappa shape index (κ2) is 6.50. The van der Waals surface area contributed by atoms with Crippen LogP contribution in [0, 0.1) is 0 Å². The van der Waals surface area contributed by atoms with Crippen LogP contribution in [0.2, 0.25) is 0 Å². The number of piperidine rings is 1. The van der Waals surface area contributed by atoms with Crippen LogP contribution < -0.4 is 5.32 Å². The van der Waals surface area contributed by atoms with Gasteiger partial charge in [0.1, 0.15) is 0 Å². The highest BCUT2D eigenvalue weighted by molar-refractivity contribution is 7.85. The van der Waals surface area contributed by atoms with Crippen molar-refractivity contribution in [2.75, 3.05) is 31.1 Å². The zero-order valence-electron chi connectivity index (χ0n) is 10.3. The van der Waals surface area contributed by atoms with Crippen molar-refractivity contribution in [3.8, 4) is 0 Å². The predicted octanol–water partition coefficient (Wildman–Crippen LogP) is 0.500. The normalized spacial score (nSPS) is 27.1. The fourth-order valence-electron chi connectivity index (χ4n) is 2.51. The molecule has 4 nitrogen and oxygen atoms in total. The van der Waals surface area contributed by atoms with E-state index in [4.69, 9.17) is 0 Å². The highest BCUT2D eigenvalue weighted by atomic mass is 32.2. The molecule has 17 heavy (non-hydrogen) atoms. The first-order chi connectivity index (χ1) is 8.25. The van der Waals surface area contributed by atoms with Crippen LogP contribution in [0.1, 0.15) is 32.1 Å². The summed E-state index contributed by atoms with van der Waals surface area (Å²) in [4.78, 5) is 13.8. The number of carbonyl (C=O) groups excluding carboxylic acids is 1. The Morgan fingerprint density at radius 3 is 2.71 bits per heavy atom. The largest absolute Gasteiger partial charge is 0.341 e. The van der Waals surface area contributed by atoms with E-state index in [-0.39, 0.29) is 5.91 Å². The smallest absolute Gasteiger partial charge is 0.222 e. The summed E-state index contributed by atoms with van der Waals surface area (Å²) in [6.45, 7) is 2.47. The summed E-state index contributed by atoms with van der Waals surface area (Å²) < 4.78 is 11.2. The molecule has 2 aliphatic heterocycles. The Labute approximate surface area is 106 Å². The quantitative estimate of drug-likeness (QED) is 0.802. The zero-order valence-corrected chi connectivity index (χ0v) is 11.1. The zero-order chi connectivity index (χ0) is 12.1. The first-order valence-electron chi connectivity index (χ1n) is 6.62. The summed E-state index contributed by atoms with van der Waals surface area (Å²) in [6.07, 6.45) is 5.36. The molecule has 2 fully saturated rings. The molecule has 0 aromatic carbocycles. The third-order valence-corrected chi connectivity index (χ3v) is 4.93. The van der Waals surface area contributed by atoms with E-state index in [1.54, 1.807) is 0 Å². The molecule has 0 saturated carbocycles. The maximum absolute atomic E-state index is 11.9. The molecule has 98 valence electrons. The minimum atomic E-state index is -0.692. The average Bonchev–Trinajstić information content (AvgIpc) is 2.38. The Kier molecular flexibility index (Phi) is 4.98. The van der Waals surface area contributed by atoms with Gasteiger partial charge in [0.15, 0.2) is 0 Å². The molecular weight excluding hydrogens is 236 g/mol. The predicted molar refractivity (Wildman–Crippen MR) is 69.3 cm³/mol. The molecule has 0 bridgehead atoms. The van der Waals surface area contributed by atoms with E-state index in [2.05, 4.69) is 5.32 Å². The molecule has 0 aliphatic carbocycles. The van der Waals surface area contributed by atoms with Gasteiger partial charge >= 0.3 is 0 Å². The molecule has 1 unspecified atom stereocenters. The van der Waals surface area contributed by atoms with Crippen molar-refractivity contribution in [3.05, 3.63) is 0 Å². The van der Waals surface area contributed by atoms with Gasteiger partial charge in [0.05, 0.1) is 0 Å². The van der Waals surface area contributed by atoms with E-state index in [0.717, 1.165) is 13.0 Å². The van der Waals surface area contributed by atoms with Gasteiger partial charge in [-0.05, 0) is 25.8 Å². The molecule has 1 N–H and O–H groups in total. The van der Waals surface area contributed by atoms with Gasteiger partial charge in [0, 0.05) is 47.9 Å². The maximum atomic E-state index is 11.9. The van der Waals surface area contributed by atoms with Crippen molar-refractivity contribution >= 4 is 16.7 Å². The van der Waals surface area contributed by atoms with Crippen LogP contribution in [0.25, 0.3) is 0 Å². The molecule has 1 amide bonds. The molecule has 5 heteroatoms. The highest BCUT2D eigenvalue weighted by Gasteiger charge is 2.21. The Hall–Kier alpha value is -0.420. The second-order valence-corrected chi connectivity index (χ2v) is 6.61. The topological polar surface area (TPSA) is 49.4 Å². The third-order valence-electron chi connectivity index (χ3n) is 3.65. The molecule has 0 aromatic heterocycles. The third kappa shape index (κ3) is 4.07. The Morgan fingerprint density at radius 1 is 1.29 bits per heavy atom. The number of nitrogens with zero attached hydrogens (tertiary/aromatic N) is 1. The lowest BCUT2D eigenvalue weighted by molar-refractivity contribution is -0.131. The van der Waals surface area contributed by atoms with Crippen LogP contribution in [-0.2, 0) is 15.6 Å². The Bertz CT molecular complexity index is 280. The van der Waals surface area contributed by atoms with E-state index in [9.17, 15) is 9.00 Å². The molecule has 2 saturated heterocycles. The lowest BCUT2D eigenvalue weighted by atomic mass is 10.0. The SMILES string of the molecule is O=C(CCC1CCCCN1)N1CCS(=O)CC1. The van der Waals surface area contributed by atoms with Gasteiger partial charge in [-0.3, -0.25) is 9.00 Å². The van der Waals surface area contributed by atoms with E-state index in [0.29, 0.717) is 37.1 Å². The number of hydrogen-bond donors (Lipinski definition) is 1. The second-order valence-electron chi connectivity index (χ2n) is 4.91. The van der Waals surface area contributed by atoms with Crippen molar-refractivity contribution in [2.45, 2.75) is 38.1 Å². The molecule has 2 aliphatic rings. The summed E-state index contributed by atoms with van der Waals surface area (Å²) >= 11 is 0. The van der Waals surface area contributed by atoms with Gasteiger partial charge in [-0.1, -0.05) is 6.42 Å². The fraction of sp³-hybridized carbons (Fsp3) is 0.917. The molecular formula is C12H22N2O2S. The summed E-state index contributed by atoms with van der Waals surface area (Å²) in [6, 6.07) is 0.534. The number of hydrogen-bond acceptors (Lipinski definition) is 3. The lowest BCUT2D eigenvalue weighted by Crippen LogP contribution is -2.42. The first kappa shape index (κ1) is 13.0. The van der Waals surface area contributed by atoms with Gasteiger partial charge in [0.25, 0.3) is 0 Å². The number of nitrogens with one attached hydrogen (secondary N) is 1. The number of amides is 1. The van der Waals surface area contributed by atoms with E-state index in [1.165, 1.54) is 19.3 Å². The van der Waals surface area contributed by atoms with Gasteiger partial charge in [-0.2, -0.15) is 0 Å². The van der Waals surface area contributed by atoms with Crippen molar-refractivity contribution < 1.29 is 9.00 Å². The minimum Gasteiger partial charge on any atom is -0.341 e. The summed E-state index contributed by atoms with van der Waals surface area (Å²) in [5.41, 5.74) is 0. The molecule has 0 radical (unpaired) electrons. The summed E-state index contributed by atoms with van der Waals surface area (Å²) in [7, 11) is -0.692. The van der Waals surface area contributed by atoms with Crippen LogP contribution in [0.4, 0.5) is 0 Å². The van der Waals surface area contributed by atoms with Crippen LogP contribution in [0.3, 0.4) is 0 Å². The Balaban J connectivity index is 1.67. The Morgan fingerprint density at radius 2 is 2.06 bits per heavy atom. The first-order valence-corrected chi connectivity index (χ1v) is 8.10. The van der Waals surface area contributed by atoms with Gasteiger partial charge < -0.3 is 10.2 Å². The van der Waals surface area contributed by atoms with Crippen LogP contribution in [0.15, 0.2) is 0 Å². The van der Waals surface area contributed by atoms with Gasteiger partial charge in [-0.25, -0.2) is 0 Å². The maximum Gasteiger partial charge on any atom is 0.222 e. The van der Waals surface area contributed by atoms with Crippen LogP contribution in [0.5, 0.6) is 0 Å².